The van der Waals surface area contributed by atoms with Crippen LogP contribution in [0.15, 0.2) is 0 Å². The van der Waals surface area contributed by atoms with Gasteiger partial charge in [-0.15, -0.1) is 0 Å². The van der Waals surface area contributed by atoms with E-state index >= 15 is 0 Å². The Morgan fingerprint density at radius 1 is 0.964 bits per heavy atom. The summed E-state index contributed by atoms with van der Waals surface area (Å²) in [6.45, 7) is 0.461. The van der Waals surface area contributed by atoms with Gasteiger partial charge >= 0.3 is 6.18 Å². The Balaban J connectivity index is 1.48. The van der Waals surface area contributed by atoms with Crippen LogP contribution < -0.4 is 5.32 Å². The molecule has 1 N–H and O–H groups in total. The van der Waals surface area contributed by atoms with Crippen LogP contribution in [0.2, 0.25) is 0 Å². The minimum absolute atomic E-state index is 0.0125. The average Bonchev–Trinajstić information content (AvgIpc) is 3.34. The molecule has 5 nitrogen and oxygen atoms in total. The number of hydrogen-bond acceptors (Lipinski definition) is 5. The second-order valence-corrected chi connectivity index (χ2v) is 8.88. The maximum atomic E-state index is 13.2. The van der Waals surface area contributed by atoms with Crippen molar-refractivity contribution in [2.45, 2.75) is 63.2 Å². The first kappa shape index (κ1) is 20.0. The van der Waals surface area contributed by atoms with Crippen LogP contribution in [0.4, 0.5) is 13.2 Å². The minimum atomic E-state index is -4.40. The van der Waals surface area contributed by atoms with Crippen LogP contribution in [0, 0.1) is 29.6 Å². The molecule has 1 heterocycles. The Morgan fingerprint density at radius 2 is 1.61 bits per heavy atom. The highest BCUT2D eigenvalue weighted by Crippen LogP contribution is 2.42. The first-order valence-electron chi connectivity index (χ1n) is 10.3. The summed E-state index contributed by atoms with van der Waals surface area (Å²) in [5, 5.41) is 2.53. The van der Waals surface area contributed by atoms with Gasteiger partial charge in [0.05, 0.1) is 6.61 Å². The van der Waals surface area contributed by atoms with E-state index in [0.29, 0.717) is 31.8 Å². The number of carbonyl (C=O) groups excluding carboxylic acids is 3. The zero-order valence-electron chi connectivity index (χ0n) is 15.7. The third kappa shape index (κ3) is 3.90. The van der Waals surface area contributed by atoms with Gasteiger partial charge in [-0.05, 0) is 50.9 Å². The second kappa shape index (κ2) is 7.52. The molecule has 4 rings (SSSR count). The molecule has 0 aromatic heterocycles. The van der Waals surface area contributed by atoms with Crippen LogP contribution >= 0.6 is 0 Å². The second-order valence-electron chi connectivity index (χ2n) is 8.88. The largest absolute Gasteiger partial charge is 0.403 e. The van der Waals surface area contributed by atoms with Crippen molar-refractivity contribution >= 4 is 17.3 Å². The van der Waals surface area contributed by atoms with Gasteiger partial charge in [-0.25, -0.2) is 0 Å². The summed E-state index contributed by atoms with van der Waals surface area (Å²) in [7, 11) is 0. The van der Waals surface area contributed by atoms with E-state index in [2.05, 4.69) is 5.32 Å². The van der Waals surface area contributed by atoms with Gasteiger partial charge in [0.1, 0.15) is 12.0 Å². The molecule has 1 saturated heterocycles. The van der Waals surface area contributed by atoms with E-state index in [-0.39, 0.29) is 42.9 Å². The van der Waals surface area contributed by atoms with E-state index in [1.807, 2.05) is 0 Å². The van der Waals surface area contributed by atoms with Crippen molar-refractivity contribution in [3.05, 3.63) is 0 Å². The van der Waals surface area contributed by atoms with Gasteiger partial charge in [0, 0.05) is 30.4 Å². The molecule has 5 atom stereocenters. The number of ketones is 3. The Kier molecular flexibility index (Phi) is 5.37. The highest BCUT2D eigenvalue weighted by Gasteiger charge is 2.53. The number of nitrogens with one attached hydrogen (secondary N) is 1. The normalized spacial score (nSPS) is 38.7. The lowest BCUT2D eigenvalue weighted by Gasteiger charge is -2.39. The Morgan fingerprint density at radius 3 is 2.18 bits per heavy atom. The lowest BCUT2D eigenvalue weighted by molar-refractivity contribution is -0.170. The number of hydrogen-bond donors (Lipinski definition) is 1. The molecule has 0 aromatic carbocycles. The van der Waals surface area contributed by atoms with Crippen molar-refractivity contribution in [3.8, 4) is 0 Å². The highest BCUT2D eigenvalue weighted by molar-refractivity contribution is 6.22. The summed E-state index contributed by atoms with van der Waals surface area (Å²) in [5.74, 6) is -3.27. The number of alkyl halides is 3. The molecule has 8 heteroatoms. The number of piperidine rings is 1. The summed E-state index contributed by atoms with van der Waals surface area (Å²) >= 11 is 0. The maximum Gasteiger partial charge on any atom is 0.403 e. The summed E-state index contributed by atoms with van der Waals surface area (Å²) < 4.78 is 45.2. The van der Waals surface area contributed by atoms with Gasteiger partial charge < -0.3 is 10.1 Å². The monoisotopic (exact) mass is 401 g/mol. The molecule has 3 aliphatic carbocycles. The Bertz CT molecular complexity index is 638. The molecule has 0 radical (unpaired) electrons. The molecular weight excluding hydrogens is 375 g/mol. The van der Waals surface area contributed by atoms with E-state index in [9.17, 15) is 27.6 Å². The first-order valence-corrected chi connectivity index (χ1v) is 10.3. The third-order valence-corrected chi connectivity index (χ3v) is 6.87. The molecule has 0 aromatic rings. The van der Waals surface area contributed by atoms with Gasteiger partial charge in [0.25, 0.3) is 0 Å². The van der Waals surface area contributed by atoms with E-state index in [1.165, 1.54) is 0 Å². The van der Waals surface area contributed by atoms with Crippen molar-refractivity contribution in [3.63, 3.8) is 0 Å². The molecule has 156 valence electrons. The fourth-order valence-corrected chi connectivity index (χ4v) is 5.02. The van der Waals surface area contributed by atoms with E-state index < -0.39 is 35.9 Å². The molecule has 4 aliphatic rings. The predicted octanol–water partition coefficient (Wildman–Crippen LogP) is 2.47. The molecule has 1 aliphatic heterocycles. The quantitative estimate of drug-likeness (QED) is 0.693. The Hall–Kier alpha value is -1.28. The van der Waals surface area contributed by atoms with Crippen molar-refractivity contribution in [1.29, 1.82) is 0 Å². The summed E-state index contributed by atoms with van der Waals surface area (Å²) in [5.41, 5.74) is 0. The van der Waals surface area contributed by atoms with Crippen LogP contribution in [-0.2, 0) is 19.1 Å². The predicted molar refractivity (Wildman–Crippen MR) is 92.4 cm³/mol. The number of carbonyl (C=O) groups is 3. The fraction of sp³-hybridized carbons (Fsp3) is 0.850. The summed E-state index contributed by atoms with van der Waals surface area (Å²) in [6.07, 6.45) is -0.732. The molecule has 28 heavy (non-hydrogen) atoms. The van der Waals surface area contributed by atoms with Crippen molar-refractivity contribution < 1.29 is 32.3 Å². The molecule has 4 fully saturated rings. The van der Waals surface area contributed by atoms with Crippen LogP contribution in [0.3, 0.4) is 0 Å². The SMILES string of the molecule is O=C1C2CCC(C2)C(=O)C1C(=O)C1CCC(C(F)(F)F)NC1COCC1CC1. The van der Waals surface area contributed by atoms with Crippen molar-refractivity contribution in [1.82, 2.24) is 5.32 Å². The third-order valence-electron chi connectivity index (χ3n) is 6.87. The molecule has 0 spiro atoms. The molecule has 0 amide bonds. The van der Waals surface area contributed by atoms with Crippen LogP contribution in [-0.4, -0.2) is 48.8 Å². The van der Waals surface area contributed by atoms with Crippen molar-refractivity contribution in [2.75, 3.05) is 13.2 Å². The van der Waals surface area contributed by atoms with Crippen LogP contribution in [0.25, 0.3) is 0 Å². The zero-order chi connectivity index (χ0) is 20.1. The standard InChI is InChI=1S/C20H26F3NO4/c21-20(22,23)15-6-5-13(14(24-15)9-28-8-10-1-2-10)19(27)16-17(25)11-3-4-12(7-11)18(16)26/h10-16,24H,1-9H2. The van der Waals surface area contributed by atoms with Crippen molar-refractivity contribution in [2.24, 2.45) is 29.6 Å². The summed E-state index contributed by atoms with van der Waals surface area (Å²) in [6, 6.07) is -2.52. The number of Topliss-reactive ketones (excluding diaryl/α,β-unsaturated/α-hetero) is 3. The van der Waals surface area contributed by atoms with Gasteiger partial charge in [-0.2, -0.15) is 13.2 Å². The van der Waals surface area contributed by atoms with E-state index in [0.717, 1.165) is 12.8 Å². The molecule has 5 unspecified atom stereocenters. The molecular formula is C20H26F3NO4. The molecule has 2 bridgehead atoms. The number of fused-ring (bicyclic) bond motifs is 2. The van der Waals surface area contributed by atoms with Crippen LogP contribution in [0.1, 0.15) is 44.9 Å². The lowest BCUT2D eigenvalue weighted by Crippen LogP contribution is -2.59. The summed E-state index contributed by atoms with van der Waals surface area (Å²) in [4.78, 5) is 38.4. The van der Waals surface area contributed by atoms with E-state index in [1.54, 1.807) is 0 Å². The molecule has 3 saturated carbocycles. The number of halogens is 3. The first-order chi connectivity index (χ1) is 13.3. The van der Waals surface area contributed by atoms with Gasteiger partial charge in [-0.3, -0.25) is 14.4 Å². The average molecular weight is 401 g/mol. The number of ether oxygens (including phenoxy) is 1. The number of rotatable bonds is 6. The van der Waals surface area contributed by atoms with E-state index in [4.69, 9.17) is 4.74 Å². The zero-order valence-corrected chi connectivity index (χ0v) is 15.7. The smallest absolute Gasteiger partial charge is 0.380 e. The van der Waals surface area contributed by atoms with Gasteiger partial charge in [-0.1, -0.05) is 0 Å². The minimum Gasteiger partial charge on any atom is -0.380 e. The fourth-order valence-electron chi connectivity index (χ4n) is 5.02. The highest BCUT2D eigenvalue weighted by atomic mass is 19.4. The lowest BCUT2D eigenvalue weighted by atomic mass is 9.71. The maximum absolute atomic E-state index is 13.2. The van der Waals surface area contributed by atoms with Crippen LogP contribution in [0.5, 0.6) is 0 Å². The Labute approximate surface area is 161 Å². The topological polar surface area (TPSA) is 72.5 Å². The van der Waals surface area contributed by atoms with Gasteiger partial charge in [0.2, 0.25) is 0 Å². The van der Waals surface area contributed by atoms with Gasteiger partial charge in [0.15, 0.2) is 17.3 Å².